The predicted molar refractivity (Wildman–Crippen MR) is 99.6 cm³/mol. The number of carbonyl (C=O) groups excluding carboxylic acids is 3. The van der Waals surface area contributed by atoms with E-state index in [-0.39, 0.29) is 36.4 Å². The number of hydrogen-bond acceptors (Lipinski definition) is 4. The van der Waals surface area contributed by atoms with Gasteiger partial charge in [0.2, 0.25) is 5.91 Å². The Kier molecular flexibility index (Phi) is 5.17. The van der Waals surface area contributed by atoms with Gasteiger partial charge in [0.15, 0.2) is 6.61 Å². The molecule has 1 N–H and O–H groups in total. The molecular weight excluding hydrogens is 344 g/mol. The van der Waals surface area contributed by atoms with Crippen molar-refractivity contribution in [3.05, 3.63) is 0 Å². The third-order valence-corrected chi connectivity index (χ3v) is 7.39. The molecule has 5 fully saturated rings. The van der Waals surface area contributed by atoms with Crippen molar-refractivity contribution >= 4 is 17.8 Å². The topological polar surface area (TPSA) is 75.7 Å². The van der Waals surface area contributed by atoms with Crippen molar-refractivity contribution < 1.29 is 19.1 Å². The van der Waals surface area contributed by atoms with E-state index in [2.05, 4.69) is 5.32 Å². The van der Waals surface area contributed by atoms with E-state index in [0.29, 0.717) is 17.8 Å². The summed E-state index contributed by atoms with van der Waals surface area (Å²) in [5, 5.41) is 2.81. The maximum absolute atomic E-state index is 12.8. The van der Waals surface area contributed by atoms with Crippen molar-refractivity contribution in [3.8, 4) is 0 Å². The van der Waals surface area contributed by atoms with Crippen LogP contribution in [0, 0.1) is 23.2 Å². The lowest BCUT2D eigenvalue weighted by atomic mass is 9.49. The number of nitrogens with one attached hydrogen (secondary N) is 1. The number of rotatable bonds is 5. The van der Waals surface area contributed by atoms with Gasteiger partial charge in [-0.05, 0) is 82.5 Å². The third kappa shape index (κ3) is 3.85. The van der Waals surface area contributed by atoms with Gasteiger partial charge in [-0.2, -0.15) is 0 Å². The molecule has 5 rings (SSSR count). The van der Waals surface area contributed by atoms with Crippen LogP contribution in [0.15, 0.2) is 0 Å². The van der Waals surface area contributed by atoms with Crippen LogP contribution in [-0.4, -0.2) is 48.4 Å². The summed E-state index contributed by atoms with van der Waals surface area (Å²) in [5.74, 6) is 1.44. The molecular formula is C21H32N2O4. The summed E-state index contributed by atoms with van der Waals surface area (Å²) >= 11 is 0. The number of likely N-dealkylation sites (tertiary alicyclic amines) is 1. The summed E-state index contributed by atoms with van der Waals surface area (Å²) in [6.07, 6.45) is 9.93. The predicted octanol–water partition coefficient (Wildman–Crippen LogP) is 2.26. The van der Waals surface area contributed by atoms with Crippen molar-refractivity contribution in [1.29, 1.82) is 0 Å². The summed E-state index contributed by atoms with van der Waals surface area (Å²) < 4.78 is 5.13. The first-order valence-electron chi connectivity index (χ1n) is 10.7. The molecule has 5 aliphatic rings. The first-order valence-corrected chi connectivity index (χ1v) is 10.7. The fourth-order valence-corrected chi connectivity index (χ4v) is 6.47. The molecule has 27 heavy (non-hydrogen) atoms. The molecule has 4 saturated carbocycles. The van der Waals surface area contributed by atoms with Crippen molar-refractivity contribution in [2.75, 3.05) is 19.7 Å². The highest BCUT2D eigenvalue weighted by Crippen LogP contribution is 2.60. The van der Waals surface area contributed by atoms with E-state index < -0.39 is 5.97 Å². The monoisotopic (exact) mass is 376 g/mol. The Hall–Kier alpha value is -1.59. The smallest absolute Gasteiger partial charge is 0.325 e. The highest BCUT2D eigenvalue weighted by Gasteiger charge is 2.54. The summed E-state index contributed by atoms with van der Waals surface area (Å²) in [7, 11) is 0. The number of ether oxygens (including phenoxy) is 1. The minimum atomic E-state index is -0.522. The second kappa shape index (κ2) is 7.44. The van der Waals surface area contributed by atoms with Gasteiger partial charge < -0.3 is 15.0 Å². The third-order valence-electron chi connectivity index (χ3n) is 7.39. The molecule has 4 bridgehead atoms. The standard InChI is InChI=1S/C21H32N2O4/c1-14-4-2-3-5-23(14)18(24)13-27-19(25)12-22-20(26)21-9-15-6-16(10-21)8-17(7-15)11-21/h14-17H,2-13H2,1H3,(H,22,26)/t14-,15?,16?,17?,21?/m1/s1. The molecule has 0 aromatic carbocycles. The Bertz CT molecular complexity index is 582. The zero-order chi connectivity index (χ0) is 19.0. The maximum atomic E-state index is 12.8. The summed E-state index contributed by atoms with van der Waals surface area (Å²) in [4.78, 5) is 38.9. The quantitative estimate of drug-likeness (QED) is 0.747. The van der Waals surface area contributed by atoms with Gasteiger partial charge in [0.25, 0.3) is 5.91 Å². The minimum Gasteiger partial charge on any atom is -0.454 e. The van der Waals surface area contributed by atoms with Crippen molar-refractivity contribution in [1.82, 2.24) is 10.2 Å². The first-order chi connectivity index (χ1) is 12.9. The van der Waals surface area contributed by atoms with E-state index in [0.717, 1.165) is 45.1 Å². The Morgan fingerprint density at radius 3 is 2.26 bits per heavy atom. The summed E-state index contributed by atoms with van der Waals surface area (Å²) in [5.41, 5.74) is -0.256. The Balaban J connectivity index is 1.22. The molecule has 6 heteroatoms. The van der Waals surface area contributed by atoms with Crippen LogP contribution in [0.4, 0.5) is 0 Å². The molecule has 0 spiro atoms. The zero-order valence-electron chi connectivity index (χ0n) is 16.4. The number of piperidine rings is 1. The van der Waals surface area contributed by atoms with Gasteiger partial charge in [0.1, 0.15) is 6.54 Å². The molecule has 1 aliphatic heterocycles. The molecule has 0 radical (unpaired) electrons. The van der Waals surface area contributed by atoms with Crippen LogP contribution in [0.25, 0.3) is 0 Å². The van der Waals surface area contributed by atoms with E-state index in [1.807, 2.05) is 6.92 Å². The number of esters is 1. The highest BCUT2D eigenvalue weighted by atomic mass is 16.5. The minimum absolute atomic E-state index is 0.0227. The average Bonchev–Trinajstić information content (AvgIpc) is 2.63. The van der Waals surface area contributed by atoms with Gasteiger partial charge >= 0.3 is 5.97 Å². The van der Waals surface area contributed by atoms with Crippen LogP contribution in [0.3, 0.4) is 0 Å². The number of hydrogen-bond donors (Lipinski definition) is 1. The van der Waals surface area contributed by atoms with Crippen molar-refractivity contribution in [3.63, 3.8) is 0 Å². The zero-order valence-corrected chi connectivity index (χ0v) is 16.4. The van der Waals surface area contributed by atoms with E-state index in [1.165, 1.54) is 19.3 Å². The van der Waals surface area contributed by atoms with Crippen LogP contribution in [0.2, 0.25) is 0 Å². The van der Waals surface area contributed by atoms with E-state index in [1.54, 1.807) is 4.90 Å². The van der Waals surface area contributed by atoms with E-state index >= 15 is 0 Å². The largest absolute Gasteiger partial charge is 0.454 e. The van der Waals surface area contributed by atoms with Gasteiger partial charge in [-0.25, -0.2) is 0 Å². The number of carbonyl (C=O) groups is 3. The van der Waals surface area contributed by atoms with Gasteiger partial charge in [-0.15, -0.1) is 0 Å². The first kappa shape index (κ1) is 18.8. The van der Waals surface area contributed by atoms with Crippen LogP contribution >= 0.6 is 0 Å². The SMILES string of the molecule is C[C@@H]1CCCCN1C(=O)COC(=O)CNC(=O)C12CC3CC(CC(C3)C1)C2. The molecule has 0 aromatic rings. The normalized spacial score (nSPS) is 37.1. The van der Waals surface area contributed by atoms with Crippen LogP contribution in [0.1, 0.15) is 64.7 Å². The van der Waals surface area contributed by atoms with E-state index in [4.69, 9.17) is 4.74 Å². The summed E-state index contributed by atoms with van der Waals surface area (Å²) in [6, 6.07) is 0.209. The second-order valence-electron chi connectivity index (χ2n) is 9.47. The molecule has 150 valence electrons. The van der Waals surface area contributed by atoms with Gasteiger partial charge in [0.05, 0.1) is 0 Å². The Morgan fingerprint density at radius 2 is 1.67 bits per heavy atom. The molecule has 1 heterocycles. The van der Waals surface area contributed by atoms with Crippen molar-refractivity contribution in [2.45, 2.75) is 70.8 Å². The average molecular weight is 376 g/mol. The second-order valence-corrected chi connectivity index (χ2v) is 9.47. The van der Waals surface area contributed by atoms with E-state index in [9.17, 15) is 14.4 Å². The Labute approximate surface area is 161 Å². The molecule has 1 saturated heterocycles. The lowest BCUT2D eigenvalue weighted by Crippen LogP contribution is -2.54. The van der Waals surface area contributed by atoms with Crippen LogP contribution in [0.5, 0.6) is 0 Å². The Morgan fingerprint density at radius 1 is 1.04 bits per heavy atom. The van der Waals surface area contributed by atoms with Crippen LogP contribution in [-0.2, 0) is 19.1 Å². The maximum Gasteiger partial charge on any atom is 0.325 e. The van der Waals surface area contributed by atoms with Crippen molar-refractivity contribution in [2.24, 2.45) is 23.2 Å². The fraction of sp³-hybridized carbons (Fsp3) is 0.857. The molecule has 6 nitrogen and oxygen atoms in total. The number of amides is 2. The molecule has 1 atom stereocenters. The molecule has 0 aromatic heterocycles. The van der Waals surface area contributed by atoms with Gasteiger partial charge in [-0.1, -0.05) is 0 Å². The molecule has 0 unspecified atom stereocenters. The van der Waals surface area contributed by atoms with Crippen LogP contribution < -0.4 is 5.32 Å². The number of nitrogens with zero attached hydrogens (tertiary/aromatic N) is 1. The van der Waals surface area contributed by atoms with Gasteiger partial charge in [-0.3, -0.25) is 14.4 Å². The summed E-state index contributed by atoms with van der Waals surface area (Å²) in [6.45, 7) is 2.41. The lowest BCUT2D eigenvalue weighted by Gasteiger charge is -2.55. The molecule has 4 aliphatic carbocycles. The fourth-order valence-electron chi connectivity index (χ4n) is 6.47. The van der Waals surface area contributed by atoms with Gasteiger partial charge in [0, 0.05) is 18.0 Å². The highest BCUT2D eigenvalue weighted by molar-refractivity contribution is 5.87. The molecule has 2 amide bonds. The lowest BCUT2D eigenvalue weighted by molar-refractivity contribution is -0.155.